The number of nitrogens with one attached hydrogen (secondary N) is 2. The molecule has 2 N–H and O–H groups in total. The van der Waals surface area contributed by atoms with Gasteiger partial charge in [0.05, 0.1) is 7.11 Å². The first-order valence-electron chi connectivity index (χ1n) is 8.49. The first-order chi connectivity index (χ1) is 12.7. The van der Waals surface area contributed by atoms with Crippen molar-refractivity contribution < 1.29 is 9.53 Å². The SMILES string of the molecule is COc1ccccc1CNc1ccc(NC(=O)c2cccc(C)c2)cc1. The maximum atomic E-state index is 12.3. The first kappa shape index (κ1) is 17.5. The van der Waals surface area contributed by atoms with Crippen LogP contribution in [0.1, 0.15) is 21.5 Å². The molecule has 0 aliphatic carbocycles. The van der Waals surface area contributed by atoms with Gasteiger partial charge in [-0.2, -0.15) is 0 Å². The van der Waals surface area contributed by atoms with Crippen LogP contribution in [-0.4, -0.2) is 13.0 Å². The molecule has 3 aromatic carbocycles. The minimum atomic E-state index is -0.108. The number of aryl methyl sites for hydroxylation is 1. The van der Waals surface area contributed by atoms with Gasteiger partial charge in [0.15, 0.2) is 0 Å². The highest BCUT2D eigenvalue weighted by molar-refractivity contribution is 6.04. The number of hydrogen-bond donors (Lipinski definition) is 2. The van der Waals surface area contributed by atoms with Gasteiger partial charge in [-0.25, -0.2) is 0 Å². The number of ether oxygens (including phenoxy) is 1. The van der Waals surface area contributed by atoms with Crippen LogP contribution in [-0.2, 0) is 6.54 Å². The second-order valence-corrected chi connectivity index (χ2v) is 6.07. The number of amides is 1. The third-order valence-electron chi connectivity index (χ3n) is 4.10. The highest BCUT2D eigenvalue weighted by Crippen LogP contribution is 2.20. The van der Waals surface area contributed by atoms with Gasteiger partial charge < -0.3 is 15.4 Å². The molecule has 0 heterocycles. The second kappa shape index (κ2) is 8.21. The van der Waals surface area contributed by atoms with Gasteiger partial charge in [0.2, 0.25) is 0 Å². The van der Waals surface area contributed by atoms with E-state index in [0.29, 0.717) is 12.1 Å². The molecule has 1 amide bonds. The van der Waals surface area contributed by atoms with Gasteiger partial charge in [-0.3, -0.25) is 4.79 Å². The van der Waals surface area contributed by atoms with Crippen molar-refractivity contribution in [3.8, 4) is 5.75 Å². The van der Waals surface area contributed by atoms with Crippen LogP contribution < -0.4 is 15.4 Å². The van der Waals surface area contributed by atoms with Gasteiger partial charge >= 0.3 is 0 Å². The smallest absolute Gasteiger partial charge is 0.255 e. The van der Waals surface area contributed by atoms with Gasteiger partial charge in [0.25, 0.3) is 5.91 Å². The van der Waals surface area contributed by atoms with E-state index in [-0.39, 0.29) is 5.91 Å². The third kappa shape index (κ3) is 4.42. The molecule has 3 rings (SSSR count). The van der Waals surface area contributed by atoms with E-state index in [4.69, 9.17) is 4.74 Å². The topological polar surface area (TPSA) is 50.4 Å². The van der Waals surface area contributed by atoms with Crippen molar-refractivity contribution in [1.82, 2.24) is 0 Å². The number of rotatable bonds is 6. The molecule has 0 aliphatic heterocycles. The van der Waals surface area contributed by atoms with Crippen LogP contribution in [0.2, 0.25) is 0 Å². The zero-order chi connectivity index (χ0) is 18.4. The number of methoxy groups -OCH3 is 1. The molecule has 4 nitrogen and oxygen atoms in total. The van der Waals surface area contributed by atoms with E-state index in [1.807, 2.05) is 79.7 Å². The molecule has 0 spiro atoms. The summed E-state index contributed by atoms with van der Waals surface area (Å²) in [6, 6.07) is 23.1. The van der Waals surface area contributed by atoms with Crippen molar-refractivity contribution in [3.63, 3.8) is 0 Å². The van der Waals surface area contributed by atoms with Crippen LogP contribution in [0.25, 0.3) is 0 Å². The molecule has 3 aromatic rings. The van der Waals surface area contributed by atoms with Crippen molar-refractivity contribution >= 4 is 17.3 Å². The standard InChI is InChI=1S/C22H22N2O2/c1-16-6-5-8-17(14-16)22(25)24-20-12-10-19(11-13-20)23-15-18-7-3-4-9-21(18)26-2/h3-14,23H,15H2,1-2H3,(H,24,25). The van der Waals surface area contributed by atoms with Gasteiger partial charge in [-0.05, 0) is 49.4 Å². The van der Waals surface area contributed by atoms with Crippen LogP contribution in [0.15, 0.2) is 72.8 Å². The molecule has 132 valence electrons. The summed E-state index contributed by atoms with van der Waals surface area (Å²) < 4.78 is 5.36. The highest BCUT2D eigenvalue weighted by Gasteiger charge is 2.06. The largest absolute Gasteiger partial charge is 0.496 e. The number of carbonyl (C=O) groups excluding carboxylic acids is 1. The number of carbonyl (C=O) groups is 1. The molecule has 0 saturated carbocycles. The molecule has 0 fully saturated rings. The van der Waals surface area contributed by atoms with E-state index >= 15 is 0 Å². The maximum Gasteiger partial charge on any atom is 0.255 e. The van der Waals surface area contributed by atoms with Gasteiger partial charge in [-0.1, -0.05) is 35.9 Å². The van der Waals surface area contributed by atoms with Crippen molar-refractivity contribution in [3.05, 3.63) is 89.5 Å². The van der Waals surface area contributed by atoms with Gasteiger partial charge in [-0.15, -0.1) is 0 Å². The average molecular weight is 346 g/mol. The monoisotopic (exact) mass is 346 g/mol. The molecule has 0 saturated heterocycles. The summed E-state index contributed by atoms with van der Waals surface area (Å²) in [5, 5.41) is 6.28. The van der Waals surface area contributed by atoms with Crippen molar-refractivity contribution in [2.45, 2.75) is 13.5 Å². The molecule has 0 radical (unpaired) electrons. The van der Waals surface area contributed by atoms with E-state index < -0.39 is 0 Å². The van der Waals surface area contributed by atoms with E-state index in [2.05, 4.69) is 10.6 Å². The lowest BCUT2D eigenvalue weighted by Gasteiger charge is -2.11. The minimum absolute atomic E-state index is 0.108. The Morgan fingerprint density at radius 1 is 0.923 bits per heavy atom. The normalized spacial score (nSPS) is 10.2. The summed E-state index contributed by atoms with van der Waals surface area (Å²) in [4.78, 5) is 12.3. The molecule has 0 aromatic heterocycles. The summed E-state index contributed by atoms with van der Waals surface area (Å²) in [5.41, 5.74) is 4.55. The van der Waals surface area contributed by atoms with Crippen molar-refractivity contribution in [2.75, 3.05) is 17.7 Å². The number of anilines is 2. The quantitative estimate of drug-likeness (QED) is 0.669. The molecule has 0 aliphatic rings. The molecular formula is C22H22N2O2. The molecule has 4 heteroatoms. The summed E-state index contributed by atoms with van der Waals surface area (Å²) >= 11 is 0. The lowest BCUT2D eigenvalue weighted by molar-refractivity contribution is 0.102. The predicted octanol–water partition coefficient (Wildman–Crippen LogP) is 4.87. The van der Waals surface area contributed by atoms with Crippen LogP contribution in [0.4, 0.5) is 11.4 Å². The molecule has 0 bridgehead atoms. The van der Waals surface area contributed by atoms with Gasteiger partial charge in [0.1, 0.15) is 5.75 Å². The zero-order valence-corrected chi connectivity index (χ0v) is 15.0. The maximum absolute atomic E-state index is 12.3. The van der Waals surface area contributed by atoms with E-state index in [9.17, 15) is 4.79 Å². The Hall–Kier alpha value is -3.27. The number of benzene rings is 3. The Morgan fingerprint density at radius 2 is 1.65 bits per heavy atom. The van der Waals surface area contributed by atoms with Crippen molar-refractivity contribution in [2.24, 2.45) is 0 Å². The first-order valence-corrected chi connectivity index (χ1v) is 8.49. The second-order valence-electron chi connectivity index (χ2n) is 6.07. The van der Waals surface area contributed by atoms with E-state index in [0.717, 1.165) is 28.3 Å². The zero-order valence-electron chi connectivity index (χ0n) is 15.0. The Kier molecular flexibility index (Phi) is 5.54. The summed E-state index contributed by atoms with van der Waals surface area (Å²) in [6.45, 7) is 2.64. The number of para-hydroxylation sites is 1. The Labute approximate surface area is 153 Å². The minimum Gasteiger partial charge on any atom is -0.496 e. The lowest BCUT2D eigenvalue weighted by atomic mass is 10.1. The lowest BCUT2D eigenvalue weighted by Crippen LogP contribution is -2.11. The Morgan fingerprint density at radius 3 is 2.38 bits per heavy atom. The summed E-state index contributed by atoms with van der Waals surface area (Å²) in [6.07, 6.45) is 0. The van der Waals surface area contributed by atoms with E-state index in [1.54, 1.807) is 7.11 Å². The van der Waals surface area contributed by atoms with Crippen LogP contribution in [0.3, 0.4) is 0 Å². The predicted molar refractivity (Wildman–Crippen MR) is 106 cm³/mol. The van der Waals surface area contributed by atoms with Crippen LogP contribution in [0.5, 0.6) is 5.75 Å². The Bertz CT molecular complexity index is 889. The fourth-order valence-corrected chi connectivity index (χ4v) is 2.71. The highest BCUT2D eigenvalue weighted by atomic mass is 16.5. The van der Waals surface area contributed by atoms with Gasteiger partial charge in [0, 0.05) is 29.0 Å². The molecular weight excluding hydrogens is 324 g/mol. The molecule has 0 unspecified atom stereocenters. The number of hydrogen-bond acceptors (Lipinski definition) is 3. The fraction of sp³-hybridized carbons (Fsp3) is 0.136. The van der Waals surface area contributed by atoms with Crippen LogP contribution >= 0.6 is 0 Å². The molecule has 0 atom stereocenters. The van der Waals surface area contributed by atoms with Crippen LogP contribution in [0, 0.1) is 6.92 Å². The Balaban J connectivity index is 1.60. The fourth-order valence-electron chi connectivity index (χ4n) is 2.71. The van der Waals surface area contributed by atoms with E-state index in [1.165, 1.54) is 0 Å². The average Bonchev–Trinajstić information content (AvgIpc) is 2.67. The summed E-state index contributed by atoms with van der Waals surface area (Å²) in [7, 11) is 1.67. The third-order valence-corrected chi connectivity index (χ3v) is 4.10. The summed E-state index contributed by atoms with van der Waals surface area (Å²) in [5.74, 6) is 0.755. The van der Waals surface area contributed by atoms with Crippen molar-refractivity contribution in [1.29, 1.82) is 0 Å². The molecule has 26 heavy (non-hydrogen) atoms.